The van der Waals surface area contributed by atoms with E-state index in [2.05, 4.69) is 36.3 Å². The van der Waals surface area contributed by atoms with E-state index in [1.54, 1.807) is 0 Å². The average molecular weight is 397 g/mol. The standard InChI is InChI=1S/C23H32N4O2/c1-3-15-26(16-4-2)23(29)21-25-20(19-12-8-9-17-27(19)21)22(28)24-14-13-18-10-6-5-7-11-18/h5-7,10-11H,3-4,8-9,12-17H2,1-2H3,(H,24,28). The molecule has 2 aromatic rings. The second-order valence-electron chi connectivity index (χ2n) is 7.62. The van der Waals surface area contributed by atoms with E-state index in [4.69, 9.17) is 0 Å². The van der Waals surface area contributed by atoms with Crippen LogP contribution in [0.5, 0.6) is 0 Å². The van der Waals surface area contributed by atoms with Crippen molar-refractivity contribution in [1.29, 1.82) is 0 Å². The third kappa shape index (κ3) is 5.05. The zero-order chi connectivity index (χ0) is 20.6. The molecule has 1 aliphatic heterocycles. The maximum Gasteiger partial charge on any atom is 0.289 e. The van der Waals surface area contributed by atoms with Gasteiger partial charge in [0, 0.05) is 26.2 Å². The summed E-state index contributed by atoms with van der Waals surface area (Å²) in [5, 5.41) is 2.99. The Morgan fingerprint density at radius 3 is 2.52 bits per heavy atom. The van der Waals surface area contributed by atoms with Gasteiger partial charge in [-0.1, -0.05) is 44.2 Å². The quantitative estimate of drug-likeness (QED) is 0.706. The van der Waals surface area contributed by atoms with Crippen LogP contribution in [0.4, 0.5) is 0 Å². The van der Waals surface area contributed by atoms with Gasteiger partial charge in [0.2, 0.25) is 0 Å². The van der Waals surface area contributed by atoms with E-state index in [-0.39, 0.29) is 11.8 Å². The predicted molar refractivity (Wildman–Crippen MR) is 114 cm³/mol. The Morgan fingerprint density at radius 1 is 1.10 bits per heavy atom. The molecule has 0 atom stereocenters. The van der Waals surface area contributed by atoms with Crippen molar-refractivity contribution in [1.82, 2.24) is 19.8 Å². The molecule has 6 heteroatoms. The third-order valence-corrected chi connectivity index (χ3v) is 5.34. The van der Waals surface area contributed by atoms with Crippen LogP contribution in [-0.4, -0.2) is 45.9 Å². The first-order valence-corrected chi connectivity index (χ1v) is 10.9. The molecule has 0 saturated carbocycles. The molecule has 29 heavy (non-hydrogen) atoms. The third-order valence-electron chi connectivity index (χ3n) is 5.34. The Hall–Kier alpha value is -2.63. The van der Waals surface area contributed by atoms with Gasteiger partial charge in [-0.25, -0.2) is 4.98 Å². The van der Waals surface area contributed by atoms with Gasteiger partial charge in [-0.2, -0.15) is 0 Å². The Bertz CT molecular complexity index is 823. The summed E-state index contributed by atoms with van der Waals surface area (Å²) in [6, 6.07) is 10.1. The molecule has 0 unspecified atom stereocenters. The zero-order valence-electron chi connectivity index (χ0n) is 17.6. The van der Waals surface area contributed by atoms with E-state index in [1.165, 1.54) is 5.56 Å². The second kappa shape index (κ2) is 10.2. The summed E-state index contributed by atoms with van der Waals surface area (Å²) < 4.78 is 1.98. The first kappa shape index (κ1) is 21.1. The Morgan fingerprint density at radius 2 is 1.83 bits per heavy atom. The number of carbonyl (C=O) groups is 2. The van der Waals surface area contributed by atoms with Crippen molar-refractivity contribution in [3.63, 3.8) is 0 Å². The van der Waals surface area contributed by atoms with E-state index >= 15 is 0 Å². The van der Waals surface area contributed by atoms with Crippen LogP contribution in [0, 0.1) is 0 Å². The molecule has 0 spiro atoms. The molecule has 1 aliphatic rings. The number of imidazole rings is 1. The number of rotatable bonds is 9. The minimum absolute atomic E-state index is 0.0554. The molecule has 0 radical (unpaired) electrons. The van der Waals surface area contributed by atoms with Crippen LogP contribution in [-0.2, 0) is 19.4 Å². The molecule has 0 aliphatic carbocycles. The van der Waals surface area contributed by atoms with Crippen molar-refractivity contribution < 1.29 is 9.59 Å². The number of carbonyl (C=O) groups excluding carboxylic acids is 2. The molecular formula is C23H32N4O2. The summed E-state index contributed by atoms with van der Waals surface area (Å²) in [7, 11) is 0. The van der Waals surface area contributed by atoms with Gasteiger partial charge < -0.3 is 14.8 Å². The van der Waals surface area contributed by atoms with Crippen molar-refractivity contribution in [2.75, 3.05) is 19.6 Å². The van der Waals surface area contributed by atoms with Crippen molar-refractivity contribution >= 4 is 11.8 Å². The van der Waals surface area contributed by atoms with Gasteiger partial charge >= 0.3 is 0 Å². The molecular weight excluding hydrogens is 364 g/mol. The summed E-state index contributed by atoms with van der Waals surface area (Å²) in [4.78, 5) is 32.4. The maximum absolute atomic E-state index is 13.1. The molecule has 2 amide bonds. The van der Waals surface area contributed by atoms with Gasteiger partial charge in [0.15, 0.2) is 5.82 Å². The number of hydrogen-bond donors (Lipinski definition) is 1. The maximum atomic E-state index is 13.1. The van der Waals surface area contributed by atoms with E-state index in [9.17, 15) is 9.59 Å². The Balaban J connectivity index is 1.76. The molecule has 1 aromatic carbocycles. The van der Waals surface area contributed by atoms with Crippen molar-refractivity contribution in [3.05, 3.63) is 53.1 Å². The SMILES string of the molecule is CCCN(CCC)C(=O)c1nc(C(=O)NCCc2ccccc2)c2n1CCCC2. The fraction of sp³-hybridized carbons (Fsp3) is 0.522. The van der Waals surface area contributed by atoms with E-state index in [1.807, 2.05) is 27.7 Å². The number of benzene rings is 1. The highest BCUT2D eigenvalue weighted by molar-refractivity contribution is 5.97. The van der Waals surface area contributed by atoms with Crippen LogP contribution in [0.1, 0.15) is 71.9 Å². The molecule has 156 valence electrons. The van der Waals surface area contributed by atoms with Crippen LogP contribution in [0.25, 0.3) is 0 Å². The van der Waals surface area contributed by atoms with Gasteiger partial charge in [-0.05, 0) is 44.1 Å². The highest BCUT2D eigenvalue weighted by Gasteiger charge is 2.29. The lowest BCUT2D eigenvalue weighted by Crippen LogP contribution is -2.35. The van der Waals surface area contributed by atoms with Crippen molar-refractivity contribution in [3.8, 4) is 0 Å². The van der Waals surface area contributed by atoms with Gasteiger partial charge in [0.1, 0.15) is 5.69 Å². The van der Waals surface area contributed by atoms with E-state index in [0.717, 1.165) is 50.8 Å². The van der Waals surface area contributed by atoms with Crippen LogP contribution >= 0.6 is 0 Å². The minimum Gasteiger partial charge on any atom is -0.350 e. The average Bonchev–Trinajstić information content (AvgIpc) is 3.14. The summed E-state index contributed by atoms with van der Waals surface area (Å²) >= 11 is 0. The Labute approximate surface area is 173 Å². The van der Waals surface area contributed by atoms with Gasteiger partial charge in [0.05, 0.1) is 5.69 Å². The number of nitrogens with zero attached hydrogens (tertiary/aromatic N) is 3. The van der Waals surface area contributed by atoms with Crippen LogP contribution in [0.15, 0.2) is 30.3 Å². The molecule has 0 saturated heterocycles. The number of nitrogens with one attached hydrogen (secondary N) is 1. The molecule has 1 N–H and O–H groups in total. The molecule has 1 aromatic heterocycles. The first-order valence-electron chi connectivity index (χ1n) is 10.9. The van der Waals surface area contributed by atoms with Crippen LogP contribution in [0.3, 0.4) is 0 Å². The summed E-state index contributed by atoms with van der Waals surface area (Å²) in [5.41, 5.74) is 2.52. The molecule has 2 heterocycles. The Kier molecular flexibility index (Phi) is 7.44. The summed E-state index contributed by atoms with van der Waals surface area (Å²) in [6.45, 7) is 6.88. The molecule has 0 bridgehead atoms. The van der Waals surface area contributed by atoms with Gasteiger partial charge in [0.25, 0.3) is 11.8 Å². The van der Waals surface area contributed by atoms with Gasteiger partial charge in [-0.3, -0.25) is 9.59 Å². The predicted octanol–water partition coefficient (Wildman–Crippen LogP) is 3.45. The summed E-state index contributed by atoms with van der Waals surface area (Å²) in [6.07, 6.45) is 5.42. The lowest BCUT2D eigenvalue weighted by Gasteiger charge is -2.23. The number of fused-ring (bicyclic) bond motifs is 1. The second-order valence-corrected chi connectivity index (χ2v) is 7.62. The summed E-state index contributed by atoms with van der Waals surface area (Å²) in [5.74, 6) is 0.193. The topological polar surface area (TPSA) is 67.2 Å². The minimum atomic E-state index is -0.178. The smallest absolute Gasteiger partial charge is 0.289 e. The molecule has 3 rings (SSSR count). The zero-order valence-corrected chi connectivity index (χ0v) is 17.6. The number of hydrogen-bond acceptors (Lipinski definition) is 3. The number of aromatic nitrogens is 2. The fourth-order valence-corrected chi connectivity index (χ4v) is 3.93. The molecule has 6 nitrogen and oxygen atoms in total. The lowest BCUT2D eigenvalue weighted by molar-refractivity contribution is 0.0737. The monoisotopic (exact) mass is 396 g/mol. The van der Waals surface area contributed by atoms with E-state index < -0.39 is 0 Å². The van der Waals surface area contributed by atoms with Crippen LogP contribution in [0.2, 0.25) is 0 Å². The largest absolute Gasteiger partial charge is 0.350 e. The van der Waals surface area contributed by atoms with E-state index in [0.29, 0.717) is 31.2 Å². The normalized spacial score (nSPS) is 13.0. The molecule has 0 fully saturated rings. The number of amides is 2. The highest BCUT2D eigenvalue weighted by atomic mass is 16.2. The lowest BCUT2D eigenvalue weighted by atomic mass is 10.1. The van der Waals surface area contributed by atoms with Crippen LogP contribution < -0.4 is 5.32 Å². The van der Waals surface area contributed by atoms with Crippen molar-refractivity contribution in [2.45, 2.75) is 58.9 Å². The highest BCUT2D eigenvalue weighted by Crippen LogP contribution is 2.22. The first-order chi connectivity index (χ1) is 14.2. The fourth-order valence-electron chi connectivity index (χ4n) is 3.93. The van der Waals surface area contributed by atoms with Crippen molar-refractivity contribution in [2.24, 2.45) is 0 Å². The van der Waals surface area contributed by atoms with Gasteiger partial charge in [-0.15, -0.1) is 0 Å².